The molecule has 6 nitrogen and oxygen atoms in total. The Morgan fingerprint density at radius 2 is 2.05 bits per heavy atom. The van der Waals surface area contributed by atoms with E-state index in [1.165, 1.54) is 25.2 Å². The Hall–Kier alpha value is -1.89. The first kappa shape index (κ1) is 16.2. The van der Waals surface area contributed by atoms with Crippen molar-refractivity contribution in [2.75, 3.05) is 11.9 Å². The number of aliphatic carboxylic acids is 1. The molecule has 0 radical (unpaired) electrons. The minimum atomic E-state index is -1.16. The van der Waals surface area contributed by atoms with E-state index in [9.17, 15) is 14.4 Å². The molecule has 2 N–H and O–H groups in total. The predicted molar refractivity (Wildman–Crippen MR) is 74.9 cm³/mol. The Morgan fingerprint density at radius 1 is 1.40 bits per heavy atom. The van der Waals surface area contributed by atoms with Gasteiger partial charge in [-0.25, -0.2) is 4.79 Å². The summed E-state index contributed by atoms with van der Waals surface area (Å²) in [5.74, 6) is -2.02. The van der Waals surface area contributed by atoms with Crippen LogP contribution in [0.1, 0.15) is 37.6 Å². The maximum Gasteiger partial charge on any atom is 0.341 e. The third kappa shape index (κ3) is 4.06. The molecule has 0 saturated carbocycles. The highest BCUT2D eigenvalue weighted by Crippen LogP contribution is 2.26. The lowest BCUT2D eigenvalue weighted by molar-refractivity contribution is -0.148. The molecule has 0 bridgehead atoms. The number of hydrogen-bond donors (Lipinski definition) is 2. The van der Waals surface area contributed by atoms with E-state index in [0.717, 1.165) is 0 Å². The lowest BCUT2D eigenvalue weighted by Gasteiger charge is -2.18. The molecule has 0 aromatic carbocycles. The number of ether oxygens (including phenoxy) is 1. The Labute approximate surface area is 120 Å². The maximum atomic E-state index is 11.8. The average molecular weight is 299 g/mol. The van der Waals surface area contributed by atoms with Crippen molar-refractivity contribution in [1.82, 2.24) is 0 Å². The van der Waals surface area contributed by atoms with E-state index in [-0.39, 0.29) is 18.6 Å². The molecule has 0 fully saturated rings. The maximum absolute atomic E-state index is 11.8. The molecule has 0 spiro atoms. The summed E-state index contributed by atoms with van der Waals surface area (Å²) in [6.45, 7) is 4.87. The monoisotopic (exact) mass is 299 g/mol. The zero-order valence-corrected chi connectivity index (χ0v) is 12.4. The number of hydrogen-bond acceptors (Lipinski definition) is 5. The molecule has 0 aliphatic heterocycles. The van der Waals surface area contributed by atoms with Gasteiger partial charge in [0.25, 0.3) is 0 Å². The summed E-state index contributed by atoms with van der Waals surface area (Å²) < 4.78 is 4.87. The van der Waals surface area contributed by atoms with Crippen LogP contribution in [0.5, 0.6) is 0 Å². The quantitative estimate of drug-likeness (QED) is 0.787. The lowest BCUT2D eigenvalue weighted by atomic mass is 9.89. The first-order valence-corrected chi connectivity index (χ1v) is 6.93. The van der Waals surface area contributed by atoms with Crippen LogP contribution in [0.4, 0.5) is 5.00 Å². The van der Waals surface area contributed by atoms with Crippen molar-refractivity contribution in [3.8, 4) is 0 Å². The molecule has 0 unspecified atom stereocenters. The van der Waals surface area contributed by atoms with Crippen molar-refractivity contribution in [1.29, 1.82) is 0 Å². The molecule has 0 saturated heterocycles. The summed E-state index contributed by atoms with van der Waals surface area (Å²) in [5.41, 5.74) is -0.885. The van der Waals surface area contributed by atoms with Crippen molar-refractivity contribution in [3.63, 3.8) is 0 Å². The molecule has 1 amide bonds. The second-order valence-corrected chi connectivity index (χ2v) is 5.71. The van der Waals surface area contributed by atoms with Crippen molar-refractivity contribution in [2.24, 2.45) is 5.41 Å². The zero-order valence-electron chi connectivity index (χ0n) is 11.6. The highest BCUT2D eigenvalue weighted by Gasteiger charge is 2.30. The van der Waals surface area contributed by atoms with Gasteiger partial charge >= 0.3 is 11.9 Å². The van der Waals surface area contributed by atoms with E-state index in [1.54, 1.807) is 18.4 Å². The number of esters is 1. The van der Waals surface area contributed by atoms with Crippen LogP contribution in [0, 0.1) is 5.41 Å². The van der Waals surface area contributed by atoms with Gasteiger partial charge in [-0.15, -0.1) is 11.3 Å². The Kier molecular flexibility index (Phi) is 5.26. The molecule has 20 heavy (non-hydrogen) atoms. The van der Waals surface area contributed by atoms with Gasteiger partial charge in [0.1, 0.15) is 5.00 Å². The third-order valence-electron chi connectivity index (χ3n) is 2.59. The third-order valence-corrected chi connectivity index (χ3v) is 3.42. The Balaban J connectivity index is 2.75. The minimum Gasteiger partial charge on any atom is -0.481 e. The van der Waals surface area contributed by atoms with Gasteiger partial charge in [-0.2, -0.15) is 0 Å². The fourth-order valence-electron chi connectivity index (χ4n) is 1.42. The number of thiophene rings is 1. The zero-order chi connectivity index (χ0) is 15.3. The fourth-order valence-corrected chi connectivity index (χ4v) is 2.21. The number of rotatable bonds is 6. The molecule has 0 atom stereocenters. The number of carboxylic acid groups (broad SMARTS) is 1. The van der Waals surface area contributed by atoms with Crippen LogP contribution in [0.2, 0.25) is 0 Å². The van der Waals surface area contributed by atoms with Crippen LogP contribution in [-0.4, -0.2) is 29.6 Å². The number of amides is 1. The van der Waals surface area contributed by atoms with E-state index in [1.807, 2.05) is 0 Å². The summed E-state index contributed by atoms with van der Waals surface area (Å²) in [4.78, 5) is 34.5. The van der Waals surface area contributed by atoms with Crippen LogP contribution >= 0.6 is 11.3 Å². The van der Waals surface area contributed by atoms with Gasteiger partial charge in [0, 0.05) is 6.42 Å². The molecule has 1 aromatic rings. The molecule has 0 aliphatic carbocycles. The second kappa shape index (κ2) is 6.51. The molecule has 1 aromatic heterocycles. The first-order valence-electron chi connectivity index (χ1n) is 6.05. The molecule has 7 heteroatoms. The predicted octanol–water partition coefficient (Wildman–Crippen LogP) is 2.36. The normalized spacial score (nSPS) is 10.9. The van der Waals surface area contributed by atoms with E-state index in [0.29, 0.717) is 5.00 Å². The van der Waals surface area contributed by atoms with Crippen LogP contribution in [-0.2, 0) is 14.3 Å². The van der Waals surface area contributed by atoms with Crippen molar-refractivity contribution in [2.45, 2.75) is 27.2 Å². The average Bonchev–Trinajstić information content (AvgIpc) is 2.76. The number of anilines is 1. The van der Waals surface area contributed by atoms with Gasteiger partial charge in [0.15, 0.2) is 0 Å². The molecule has 1 rings (SSSR count). The lowest BCUT2D eigenvalue weighted by Crippen LogP contribution is -2.29. The summed E-state index contributed by atoms with van der Waals surface area (Å²) in [6, 6.07) is 1.56. The first-order chi connectivity index (χ1) is 9.27. The molecule has 0 aliphatic rings. The largest absolute Gasteiger partial charge is 0.481 e. The smallest absolute Gasteiger partial charge is 0.341 e. The Morgan fingerprint density at radius 3 is 2.60 bits per heavy atom. The molecular weight excluding hydrogens is 282 g/mol. The van der Waals surface area contributed by atoms with E-state index < -0.39 is 23.3 Å². The topological polar surface area (TPSA) is 92.7 Å². The SMILES string of the molecule is CCOC(=O)c1ccsc1NC(=O)CC(C)(C)C(=O)O. The van der Waals surface area contributed by atoms with Gasteiger partial charge in [-0.05, 0) is 32.2 Å². The number of carboxylic acids is 1. The van der Waals surface area contributed by atoms with E-state index in [4.69, 9.17) is 9.84 Å². The second-order valence-electron chi connectivity index (χ2n) is 4.80. The Bertz CT molecular complexity index is 521. The number of carbonyl (C=O) groups excluding carboxylic acids is 2. The summed E-state index contributed by atoms with van der Waals surface area (Å²) in [5, 5.41) is 13.6. The summed E-state index contributed by atoms with van der Waals surface area (Å²) >= 11 is 1.19. The van der Waals surface area contributed by atoms with Gasteiger partial charge < -0.3 is 15.2 Å². The molecular formula is C13H17NO5S. The van der Waals surface area contributed by atoms with Crippen LogP contribution in [0.25, 0.3) is 0 Å². The van der Waals surface area contributed by atoms with E-state index >= 15 is 0 Å². The van der Waals surface area contributed by atoms with Crippen LogP contribution in [0.15, 0.2) is 11.4 Å². The molecule has 110 valence electrons. The van der Waals surface area contributed by atoms with Gasteiger partial charge in [-0.1, -0.05) is 0 Å². The fraction of sp³-hybridized carbons (Fsp3) is 0.462. The summed E-state index contributed by atoms with van der Waals surface area (Å²) in [7, 11) is 0. The van der Waals surface area contributed by atoms with Crippen molar-refractivity contribution >= 4 is 34.2 Å². The highest BCUT2D eigenvalue weighted by molar-refractivity contribution is 7.14. The molecule has 1 heterocycles. The van der Waals surface area contributed by atoms with Crippen molar-refractivity contribution in [3.05, 3.63) is 17.0 Å². The minimum absolute atomic E-state index is 0.178. The number of nitrogens with one attached hydrogen (secondary N) is 1. The van der Waals surface area contributed by atoms with Crippen LogP contribution in [0.3, 0.4) is 0 Å². The highest BCUT2D eigenvalue weighted by atomic mass is 32.1. The number of carbonyl (C=O) groups is 3. The van der Waals surface area contributed by atoms with Crippen molar-refractivity contribution < 1.29 is 24.2 Å². The van der Waals surface area contributed by atoms with Gasteiger partial charge in [0.05, 0.1) is 17.6 Å². The van der Waals surface area contributed by atoms with Gasteiger partial charge in [-0.3, -0.25) is 9.59 Å². The van der Waals surface area contributed by atoms with Crippen LogP contribution < -0.4 is 5.32 Å². The van der Waals surface area contributed by atoms with Gasteiger partial charge in [0.2, 0.25) is 5.91 Å². The van der Waals surface area contributed by atoms with E-state index in [2.05, 4.69) is 5.32 Å². The summed E-state index contributed by atoms with van der Waals surface area (Å²) in [6.07, 6.45) is -0.178. The standard InChI is InChI=1S/C13H17NO5S/c1-4-19-11(16)8-5-6-20-10(8)14-9(15)7-13(2,3)12(17)18/h5-6H,4,7H2,1-3H3,(H,14,15)(H,17,18).